The van der Waals surface area contributed by atoms with Crippen molar-refractivity contribution in [3.63, 3.8) is 0 Å². The molecule has 0 aliphatic rings. The minimum atomic E-state index is -3.79. The summed E-state index contributed by atoms with van der Waals surface area (Å²) >= 11 is 0. The van der Waals surface area contributed by atoms with Gasteiger partial charge < -0.3 is 14.3 Å². The average molecular weight is 488 g/mol. The lowest BCUT2D eigenvalue weighted by atomic mass is 10.1. The number of carboxylic acid groups (broad SMARTS) is 1. The van der Waals surface area contributed by atoms with Crippen molar-refractivity contribution in [1.82, 2.24) is 13.6 Å². The van der Waals surface area contributed by atoms with Gasteiger partial charge in [0.25, 0.3) is 10.2 Å². The summed E-state index contributed by atoms with van der Waals surface area (Å²) in [5, 5.41) is 8.99. The van der Waals surface area contributed by atoms with Gasteiger partial charge in [-0.2, -0.15) is 17.0 Å². The summed E-state index contributed by atoms with van der Waals surface area (Å²) in [5.74, 6) is -0.00499. The molecule has 10 heteroatoms. The molecule has 0 aliphatic heterocycles. The van der Waals surface area contributed by atoms with Crippen LogP contribution in [0.15, 0.2) is 53.1 Å². The van der Waals surface area contributed by atoms with Crippen LogP contribution in [0.25, 0.3) is 11.5 Å². The molecule has 34 heavy (non-hydrogen) atoms. The van der Waals surface area contributed by atoms with Crippen molar-refractivity contribution in [2.75, 3.05) is 20.6 Å². The minimum absolute atomic E-state index is 0.0196. The Morgan fingerprint density at radius 3 is 2.62 bits per heavy atom. The van der Waals surface area contributed by atoms with Crippen LogP contribution < -0.4 is 4.74 Å². The third kappa shape index (κ3) is 6.43. The summed E-state index contributed by atoms with van der Waals surface area (Å²) < 4.78 is 38.9. The van der Waals surface area contributed by atoms with Gasteiger partial charge in [0.15, 0.2) is 0 Å². The lowest BCUT2D eigenvalue weighted by Gasteiger charge is -2.25. The molecular weight excluding hydrogens is 458 g/mol. The van der Waals surface area contributed by atoms with Gasteiger partial charge in [-0.25, -0.2) is 4.98 Å². The lowest BCUT2D eigenvalue weighted by molar-refractivity contribution is -0.137. The van der Waals surface area contributed by atoms with Gasteiger partial charge in [-0.3, -0.25) is 4.79 Å². The molecule has 1 N–H and O–H groups in total. The van der Waals surface area contributed by atoms with Crippen LogP contribution in [0.4, 0.5) is 0 Å². The molecule has 0 spiro atoms. The van der Waals surface area contributed by atoms with Crippen LogP contribution >= 0.6 is 0 Å². The molecule has 3 aromatic rings. The van der Waals surface area contributed by atoms with E-state index in [0.29, 0.717) is 22.9 Å². The number of ether oxygens (including phenoxy) is 1. The minimum Gasteiger partial charge on any atom is -0.487 e. The molecule has 2 aromatic carbocycles. The van der Waals surface area contributed by atoms with E-state index < -0.39 is 16.2 Å². The highest BCUT2D eigenvalue weighted by Crippen LogP contribution is 2.25. The van der Waals surface area contributed by atoms with Crippen molar-refractivity contribution < 1.29 is 27.5 Å². The predicted octanol–water partition coefficient (Wildman–Crippen LogP) is 3.62. The van der Waals surface area contributed by atoms with Gasteiger partial charge in [-0.05, 0) is 43.2 Å². The van der Waals surface area contributed by atoms with Crippen molar-refractivity contribution in [3.8, 4) is 17.2 Å². The molecule has 182 valence electrons. The Morgan fingerprint density at radius 2 is 1.91 bits per heavy atom. The molecular formula is C24H29N3O6S. The highest BCUT2D eigenvalue weighted by atomic mass is 32.2. The quantitative estimate of drug-likeness (QED) is 0.439. The zero-order chi connectivity index (χ0) is 24.9. The zero-order valence-electron chi connectivity index (χ0n) is 19.7. The Morgan fingerprint density at radius 1 is 1.15 bits per heavy atom. The fourth-order valence-electron chi connectivity index (χ4n) is 3.29. The highest BCUT2D eigenvalue weighted by molar-refractivity contribution is 7.86. The summed E-state index contributed by atoms with van der Waals surface area (Å²) in [4.78, 5) is 15.5. The molecule has 0 radical (unpaired) electrons. The normalized spacial score (nSPS) is 11.8. The van der Waals surface area contributed by atoms with Gasteiger partial charge in [0.05, 0.1) is 6.42 Å². The van der Waals surface area contributed by atoms with Gasteiger partial charge in [0, 0.05) is 32.7 Å². The summed E-state index contributed by atoms with van der Waals surface area (Å²) in [6.45, 7) is 4.07. The third-order valence-corrected chi connectivity index (χ3v) is 7.07. The number of rotatable bonds is 11. The van der Waals surface area contributed by atoms with Crippen molar-refractivity contribution in [2.45, 2.75) is 33.4 Å². The van der Waals surface area contributed by atoms with E-state index in [9.17, 15) is 13.2 Å². The van der Waals surface area contributed by atoms with E-state index in [1.54, 1.807) is 30.5 Å². The van der Waals surface area contributed by atoms with E-state index in [1.807, 2.05) is 32.0 Å². The fraction of sp³-hybridized carbons (Fsp3) is 0.333. The molecule has 0 bridgehead atoms. The van der Waals surface area contributed by atoms with Crippen LogP contribution in [-0.4, -0.2) is 53.7 Å². The predicted molar refractivity (Wildman–Crippen MR) is 127 cm³/mol. The number of nitrogens with zero attached hydrogens (tertiary/aromatic N) is 3. The van der Waals surface area contributed by atoms with Crippen LogP contribution in [0.2, 0.25) is 0 Å². The number of aromatic nitrogens is 1. The number of oxazole rings is 1. The Labute approximate surface area is 199 Å². The molecule has 1 aromatic heterocycles. The van der Waals surface area contributed by atoms with Crippen molar-refractivity contribution in [1.29, 1.82) is 0 Å². The molecule has 0 amide bonds. The van der Waals surface area contributed by atoms with E-state index in [4.69, 9.17) is 14.3 Å². The number of benzene rings is 2. The van der Waals surface area contributed by atoms with E-state index in [0.717, 1.165) is 25.3 Å². The first-order valence-corrected chi connectivity index (χ1v) is 12.1. The smallest absolute Gasteiger partial charge is 0.304 e. The molecule has 0 aliphatic carbocycles. The second kappa shape index (κ2) is 10.8. The van der Waals surface area contributed by atoms with Crippen LogP contribution in [-0.2, 0) is 28.2 Å². The Kier molecular flexibility index (Phi) is 8.08. The van der Waals surface area contributed by atoms with E-state index in [1.165, 1.54) is 14.1 Å². The first-order chi connectivity index (χ1) is 16.1. The molecule has 9 nitrogen and oxygen atoms in total. The van der Waals surface area contributed by atoms with Gasteiger partial charge >= 0.3 is 5.97 Å². The number of hydrogen-bond donors (Lipinski definition) is 1. The number of hydrogen-bond acceptors (Lipinski definition) is 6. The maximum atomic E-state index is 12.6. The van der Waals surface area contributed by atoms with Gasteiger partial charge in [-0.15, -0.1) is 0 Å². The number of aryl methyl sites for hydroxylation is 2. The molecule has 0 atom stereocenters. The summed E-state index contributed by atoms with van der Waals surface area (Å²) in [5.41, 5.74) is 4.40. The SMILES string of the molecule is Cc1ccc(C)c(-c2nc(COc3cccc(CN(CCC(=O)O)S(=O)(=O)N(C)C)c3)co2)c1. The van der Waals surface area contributed by atoms with Crippen LogP contribution in [0, 0.1) is 13.8 Å². The fourth-order valence-corrected chi connectivity index (χ4v) is 4.38. The van der Waals surface area contributed by atoms with E-state index in [2.05, 4.69) is 4.98 Å². The summed E-state index contributed by atoms with van der Waals surface area (Å²) in [6.07, 6.45) is 1.26. The Hall–Kier alpha value is -3.21. The van der Waals surface area contributed by atoms with Crippen molar-refractivity contribution in [3.05, 3.63) is 71.1 Å². The third-order valence-electron chi connectivity index (χ3n) is 5.18. The number of carbonyl (C=O) groups is 1. The van der Waals surface area contributed by atoms with Crippen molar-refractivity contribution in [2.24, 2.45) is 0 Å². The number of aliphatic carboxylic acids is 1. The second-order valence-electron chi connectivity index (χ2n) is 8.17. The molecule has 0 fully saturated rings. The molecule has 0 unspecified atom stereocenters. The van der Waals surface area contributed by atoms with Gasteiger partial charge in [-0.1, -0.05) is 29.8 Å². The first kappa shape index (κ1) is 25.4. The summed E-state index contributed by atoms with van der Waals surface area (Å²) in [6, 6.07) is 13.1. The monoisotopic (exact) mass is 487 g/mol. The van der Waals surface area contributed by atoms with Crippen LogP contribution in [0.3, 0.4) is 0 Å². The highest BCUT2D eigenvalue weighted by Gasteiger charge is 2.25. The molecule has 0 saturated carbocycles. The maximum absolute atomic E-state index is 12.6. The zero-order valence-corrected chi connectivity index (χ0v) is 20.5. The Balaban J connectivity index is 1.70. The van der Waals surface area contributed by atoms with E-state index >= 15 is 0 Å². The Bertz CT molecular complexity index is 1250. The lowest BCUT2D eigenvalue weighted by Crippen LogP contribution is -2.40. The molecule has 3 rings (SSSR count). The number of carboxylic acids is 1. The first-order valence-electron chi connectivity index (χ1n) is 10.7. The standard InChI is InChI=1S/C24H29N3O6S/c1-17-8-9-18(2)22(12-17)24-25-20(16-33-24)15-32-21-7-5-6-19(13-21)14-27(11-10-23(28)29)34(30,31)26(3)4/h5-9,12-13,16H,10-11,14-15H2,1-4H3,(H,28,29). The van der Waals surface area contributed by atoms with Crippen LogP contribution in [0.5, 0.6) is 5.75 Å². The molecule has 1 heterocycles. The van der Waals surface area contributed by atoms with Gasteiger partial charge in [0.2, 0.25) is 5.89 Å². The molecule has 0 saturated heterocycles. The summed E-state index contributed by atoms with van der Waals surface area (Å²) in [7, 11) is -0.972. The van der Waals surface area contributed by atoms with E-state index in [-0.39, 0.29) is 26.1 Å². The average Bonchev–Trinajstić information content (AvgIpc) is 3.25. The maximum Gasteiger partial charge on any atom is 0.304 e. The largest absolute Gasteiger partial charge is 0.487 e. The van der Waals surface area contributed by atoms with Crippen molar-refractivity contribution >= 4 is 16.2 Å². The second-order valence-corrected chi connectivity index (χ2v) is 10.3. The van der Waals surface area contributed by atoms with Gasteiger partial charge in [0.1, 0.15) is 24.3 Å². The van der Waals surface area contributed by atoms with Crippen LogP contribution in [0.1, 0.15) is 28.8 Å². The topological polar surface area (TPSA) is 113 Å².